The molecule has 1 atom stereocenters. The summed E-state index contributed by atoms with van der Waals surface area (Å²) in [7, 11) is 1.77. The first kappa shape index (κ1) is 16.2. The van der Waals surface area contributed by atoms with Crippen molar-refractivity contribution in [1.29, 1.82) is 0 Å². The fourth-order valence-corrected chi connectivity index (χ4v) is 1.73. The van der Waals surface area contributed by atoms with Crippen molar-refractivity contribution in [2.75, 3.05) is 13.7 Å². The van der Waals surface area contributed by atoms with Crippen molar-refractivity contribution in [2.24, 2.45) is 0 Å². The SMILES string of the molecule is C=CCOc1ccc(CN(C)C(=O)CCC(C)O)cc1. The summed E-state index contributed by atoms with van der Waals surface area (Å²) in [5.41, 5.74) is 1.05. The van der Waals surface area contributed by atoms with E-state index in [-0.39, 0.29) is 5.91 Å². The molecule has 0 saturated carbocycles. The van der Waals surface area contributed by atoms with E-state index in [9.17, 15) is 9.90 Å². The van der Waals surface area contributed by atoms with Crippen molar-refractivity contribution in [3.05, 3.63) is 42.5 Å². The van der Waals surface area contributed by atoms with Crippen LogP contribution in [0.25, 0.3) is 0 Å². The molecule has 1 aromatic rings. The van der Waals surface area contributed by atoms with E-state index in [0.29, 0.717) is 26.0 Å². The number of rotatable bonds is 8. The van der Waals surface area contributed by atoms with E-state index in [1.807, 2.05) is 24.3 Å². The van der Waals surface area contributed by atoms with E-state index in [1.165, 1.54) is 0 Å². The van der Waals surface area contributed by atoms with Crippen molar-refractivity contribution in [2.45, 2.75) is 32.4 Å². The van der Waals surface area contributed by atoms with Gasteiger partial charge in [0.15, 0.2) is 0 Å². The van der Waals surface area contributed by atoms with Crippen molar-refractivity contribution in [3.8, 4) is 5.75 Å². The maximum Gasteiger partial charge on any atom is 0.222 e. The third-order valence-corrected chi connectivity index (χ3v) is 2.91. The molecular weight excluding hydrogens is 254 g/mol. The first-order chi connectivity index (χ1) is 9.52. The van der Waals surface area contributed by atoms with Gasteiger partial charge in [-0.15, -0.1) is 0 Å². The highest BCUT2D eigenvalue weighted by atomic mass is 16.5. The summed E-state index contributed by atoms with van der Waals surface area (Å²) in [6.07, 6.45) is 2.13. The van der Waals surface area contributed by atoms with Gasteiger partial charge in [0, 0.05) is 20.0 Å². The van der Waals surface area contributed by atoms with Gasteiger partial charge in [0.25, 0.3) is 0 Å². The van der Waals surface area contributed by atoms with Gasteiger partial charge in [-0.1, -0.05) is 24.8 Å². The van der Waals surface area contributed by atoms with Crippen LogP contribution in [0.2, 0.25) is 0 Å². The first-order valence-electron chi connectivity index (χ1n) is 6.77. The average molecular weight is 277 g/mol. The molecule has 20 heavy (non-hydrogen) atoms. The highest BCUT2D eigenvalue weighted by molar-refractivity contribution is 5.75. The van der Waals surface area contributed by atoms with Crippen LogP contribution < -0.4 is 4.74 Å². The molecule has 1 rings (SSSR count). The minimum atomic E-state index is -0.436. The van der Waals surface area contributed by atoms with Gasteiger partial charge < -0.3 is 14.7 Å². The summed E-state index contributed by atoms with van der Waals surface area (Å²) in [6.45, 7) is 6.32. The molecule has 0 aliphatic rings. The lowest BCUT2D eigenvalue weighted by Gasteiger charge is -2.18. The third-order valence-electron chi connectivity index (χ3n) is 2.91. The quantitative estimate of drug-likeness (QED) is 0.742. The molecule has 0 fully saturated rings. The molecule has 1 unspecified atom stereocenters. The fourth-order valence-electron chi connectivity index (χ4n) is 1.73. The highest BCUT2D eigenvalue weighted by Gasteiger charge is 2.10. The zero-order valence-corrected chi connectivity index (χ0v) is 12.2. The number of carbonyl (C=O) groups excluding carboxylic acids is 1. The lowest BCUT2D eigenvalue weighted by molar-refractivity contribution is -0.131. The van der Waals surface area contributed by atoms with Gasteiger partial charge in [-0.2, -0.15) is 0 Å². The maximum atomic E-state index is 11.8. The molecule has 4 heteroatoms. The molecular formula is C16H23NO3. The lowest BCUT2D eigenvalue weighted by Crippen LogP contribution is -2.26. The normalized spacial score (nSPS) is 11.8. The maximum absolute atomic E-state index is 11.8. The van der Waals surface area contributed by atoms with E-state index in [0.717, 1.165) is 11.3 Å². The number of hydrogen-bond acceptors (Lipinski definition) is 3. The number of aliphatic hydroxyl groups is 1. The summed E-state index contributed by atoms with van der Waals surface area (Å²) >= 11 is 0. The minimum absolute atomic E-state index is 0.0397. The topological polar surface area (TPSA) is 49.8 Å². The monoisotopic (exact) mass is 277 g/mol. The Kier molecular flexibility index (Phi) is 6.81. The van der Waals surface area contributed by atoms with E-state index in [1.54, 1.807) is 24.9 Å². The Morgan fingerprint density at radius 3 is 2.65 bits per heavy atom. The molecule has 0 bridgehead atoms. The number of hydrogen-bond donors (Lipinski definition) is 1. The molecule has 0 aliphatic heterocycles. The molecule has 0 radical (unpaired) electrons. The predicted octanol–water partition coefficient (Wildman–Crippen LogP) is 2.37. The summed E-state index contributed by atoms with van der Waals surface area (Å²) in [5, 5.41) is 9.18. The van der Waals surface area contributed by atoms with E-state index < -0.39 is 6.10 Å². The molecule has 0 saturated heterocycles. The van der Waals surface area contributed by atoms with Crippen LogP contribution in [0.15, 0.2) is 36.9 Å². The Bertz CT molecular complexity index is 426. The van der Waals surface area contributed by atoms with Gasteiger partial charge in [-0.25, -0.2) is 0 Å². The molecule has 0 aliphatic carbocycles. The molecule has 1 amide bonds. The third kappa shape index (κ3) is 5.89. The number of carbonyl (C=O) groups is 1. The standard InChI is InChI=1S/C16H23NO3/c1-4-11-20-15-8-6-14(7-9-15)12-17(3)16(19)10-5-13(2)18/h4,6-9,13,18H,1,5,10-12H2,2-3H3. The van der Waals surface area contributed by atoms with Gasteiger partial charge in [0.1, 0.15) is 12.4 Å². The summed E-state index contributed by atoms with van der Waals surface area (Å²) in [5.74, 6) is 0.828. The van der Waals surface area contributed by atoms with Crippen LogP contribution in [0.5, 0.6) is 5.75 Å². The predicted molar refractivity (Wildman–Crippen MR) is 79.5 cm³/mol. The zero-order chi connectivity index (χ0) is 15.0. The van der Waals surface area contributed by atoms with Crippen LogP contribution in [0.4, 0.5) is 0 Å². The van der Waals surface area contributed by atoms with Crippen LogP contribution in [-0.2, 0) is 11.3 Å². The highest BCUT2D eigenvalue weighted by Crippen LogP contribution is 2.14. The Morgan fingerprint density at radius 1 is 1.45 bits per heavy atom. The minimum Gasteiger partial charge on any atom is -0.490 e. The van der Waals surface area contributed by atoms with Gasteiger partial charge in [-0.05, 0) is 31.0 Å². The first-order valence-corrected chi connectivity index (χ1v) is 6.77. The molecule has 0 spiro atoms. The van der Waals surface area contributed by atoms with Crippen LogP contribution in [0.1, 0.15) is 25.3 Å². The second-order valence-electron chi connectivity index (χ2n) is 4.88. The van der Waals surface area contributed by atoms with E-state index in [2.05, 4.69) is 6.58 Å². The molecule has 0 aromatic heterocycles. The average Bonchev–Trinajstić information content (AvgIpc) is 2.43. The molecule has 110 valence electrons. The number of nitrogens with zero attached hydrogens (tertiary/aromatic N) is 1. The second kappa shape index (κ2) is 8.38. The molecule has 1 aromatic carbocycles. The van der Waals surface area contributed by atoms with Crippen molar-refractivity contribution in [1.82, 2.24) is 4.90 Å². The summed E-state index contributed by atoms with van der Waals surface area (Å²) < 4.78 is 5.40. The van der Waals surface area contributed by atoms with Crippen molar-refractivity contribution < 1.29 is 14.6 Å². The van der Waals surface area contributed by atoms with E-state index >= 15 is 0 Å². The Labute approximate surface area is 120 Å². The molecule has 0 heterocycles. The zero-order valence-electron chi connectivity index (χ0n) is 12.2. The fraction of sp³-hybridized carbons (Fsp3) is 0.438. The van der Waals surface area contributed by atoms with Crippen LogP contribution in [0.3, 0.4) is 0 Å². The van der Waals surface area contributed by atoms with Crippen LogP contribution in [-0.4, -0.2) is 35.7 Å². The largest absolute Gasteiger partial charge is 0.490 e. The van der Waals surface area contributed by atoms with Crippen LogP contribution in [0, 0.1) is 0 Å². The second-order valence-corrected chi connectivity index (χ2v) is 4.88. The van der Waals surface area contributed by atoms with E-state index in [4.69, 9.17) is 4.74 Å². The number of benzene rings is 1. The van der Waals surface area contributed by atoms with Crippen molar-refractivity contribution in [3.63, 3.8) is 0 Å². The Hall–Kier alpha value is -1.81. The van der Waals surface area contributed by atoms with Gasteiger partial charge in [0.2, 0.25) is 5.91 Å². The molecule has 1 N–H and O–H groups in total. The Balaban J connectivity index is 2.46. The van der Waals surface area contributed by atoms with Crippen LogP contribution >= 0.6 is 0 Å². The van der Waals surface area contributed by atoms with Gasteiger partial charge >= 0.3 is 0 Å². The van der Waals surface area contributed by atoms with Gasteiger partial charge in [0.05, 0.1) is 6.10 Å². The van der Waals surface area contributed by atoms with Gasteiger partial charge in [-0.3, -0.25) is 4.79 Å². The number of amides is 1. The number of ether oxygens (including phenoxy) is 1. The molecule has 4 nitrogen and oxygen atoms in total. The lowest BCUT2D eigenvalue weighted by atomic mass is 10.1. The number of aliphatic hydroxyl groups excluding tert-OH is 1. The summed E-state index contributed by atoms with van der Waals surface area (Å²) in [6, 6.07) is 7.65. The van der Waals surface area contributed by atoms with Crippen molar-refractivity contribution >= 4 is 5.91 Å². The summed E-state index contributed by atoms with van der Waals surface area (Å²) in [4.78, 5) is 13.5. The Morgan fingerprint density at radius 2 is 2.10 bits per heavy atom. The smallest absolute Gasteiger partial charge is 0.222 e.